The van der Waals surface area contributed by atoms with Crippen molar-refractivity contribution in [3.8, 4) is 0 Å². The fraction of sp³-hybridized carbons (Fsp3) is 0.636. The minimum absolute atomic E-state index is 0.284. The van der Waals surface area contributed by atoms with Gasteiger partial charge in [0.25, 0.3) is 5.91 Å². The van der Waals surface area contributed by atoms with Crippen LogP contribution in [-0.4, -0.2) is 29.0 Å². The maximum absolute atomic E-state index is 11.6. The van der Waals surface area contributed by atoms with E-state index in [4.69, 9.17) is 4.74 Å². The average molecular weight is 211 g/mol. The first-order chi connectivity index (χ1) is 6.79. The summed E-state index contributed by atoms with van der Waals surface area (Å²) < 4.78 is 5.12. The van der Waals surface area contributed by atoms with Crippen LogP contribution in [0.5, 0.6) is 0 Å². The lowest BCUT2D eigenvalue weighted by Crippen LogP contribution is -2.42. The third kappa shape index (κ3) is 3.38. The van der Waals surface area contributed by atoms with Crippen molar-refractivity contribution in [2.45, 2.75) is 39.7 Å². The van der Waals surface area contributed by atoms with Crippen molar-refractivity contribution in [3.63, 3.8) is 0 Å². The van der Waals surface area contributed by atoms with Gasteiger partial charge in [0.1, 0.15) is 5.60 Å². The summed E-state index contributed by atoms with van der Waals surface area (Å²) in [7, 11) is 0. The third-order valence-corrected chi connectivity index (χ3v) is 1.98. The summed E-state index contributed by atoms with van der Waals surface area (Å²) in [5.41, 5.74) is 0.438. The number of ether oxygens (including phenoxy) is 1. The van der Waals surface area contributed by atoms with E-state index < -0.39 is 11.7 Å². The van der Waals surface area contributed by atoms with Gasteiger partial charge < -0.3 is 4.74 Å². The molecule has 0 aromatic heterocycles. The summed E-state index contributed by atoms with van der Waals surface area (Å²) in [5.74, 6) is -0.284. The molecule has 0 spiro atoms. The Morgan fingerprint density at radius 1 is 1.47 bits per heavy atom. The Kier molecular flexibility index (Phi) is 3.17. The van der Waals surface area contributed by atoms with Crippen molar-refractivity contribution < 1.29 is 14.3 Å². The van der Waals surface area contributed by atoms with Crippen molar-refractivity contribution in [1.29, 1.82) is 0 Å². The lowest BCUT2D eigenvalue weighted by Gasteiger charge is -2.27. The van der Waals surface area contributed by atoms with E-state index in [9.17, 15) is 9.59 Å². The van der Waals surface area contributed by atoms with Gasteiger partial charge in [-0.05, 0) is 34.1 Å². The number of hydrogen-bond donors (Lipinski definition) is 0. The predicted octanol–water partition coefficient (Wildman–Crippen LogP) is 2.10. The Balaban J connectivity index is 2.66. The number of carbonyl (C=O) groups excluding carboxylic acids is 2. The van der Waals surface area contributed by atoms with Crippen LogP contribution in [0.15, 0.2) is 11.6 Å². The molecule has 2 amide bonds. The van der Waals surface area contributed by atoms with Crippen LogP contribution in [0, 0.1) is 0 Å². The molecule has 0 fully saturated rings. The van der Waals surface area contributed by atoms with E-state index in [2.05, 4.69) is 0 Å². The highest BCUT2D eigenvalue weighted by Crippen LogP contribution is 2.15. The molecular weight excluding hydrogens is 194 g/mol. The lowest BCUT2D eigenvalue weighted by atomic mass is 10.1. The zero-order valence-electron chi connectivity index (χ0n) is 9.66. The van der Waals surface area contributed by atoms with Gasteiger partial charge in [0.2, 0.25) is 0 Å². The topological polar surface area (TPSA) is 46.6 Å². The second-order valence-electron chi connectivity index (χ2n) is 4.71. The molecule has 0 atom stereocenters. The Morgan fingerprint density at radius 3 is 2.53 bits per heavy atom. The normalized spacial score (nSPS) is 17.5. The van der Waals surface area contributed by atoms with E-state index in [1.807, 2.05) is 6.92 Å². The molecule has 0 aromatic carbocycles. The van der Waals surface area contributed by atoms with Crippen molar-refractivity contribution in [3.05, 3.63) is 11.6 Å². The van der Waals surface area contributed by atoms with Crippen molar-refractivity contribution in [1.82, 2.24) is 4.90 Å². The van der Waals surface area contributed by atoms with Crippen molar-refractivity contribution in [2.24, 2.45) is 0 Å². The number of carbonyl (C=O) groups is 2. The highest BCUT2D eigenvalue weighted by Gasteiger charge is 2.27. The second-order valence-corrected chi connectivity index (χ2v) is 4.71. The zero-order chi connectivity index (χ0) is 11.6. The zero-order valence-corrected chi connectivity index (χ0v) is 9.66. The molecule has 0 N–H and O–H groups in total. The number of rotatable bonds is 0. The molecule has 15 heavy (non-hydrogen) atoms. The minimum Gasteiger partial charge on any atom is -0.443 e. The van der Waals surface area contributed by atoms with Gasteiger partial charge in [-0.15, -0.1) is 0 Å². The van der Waals surface area contributed by atoms with E-state index >= 15 is 0 Å². The maximum atomic E-state index is 11.6. The van der Waals surface area contributed by atoms with E-state index in [0.29, 0.717) is 6.54 Å². The highest BCUT2D eigenvalue weighted by atomic mass is 16.6. The van der Waals surface area contributed by atoms with Crippen LogP contribution >= 0.6 is 0 Å². The smallest absolute Gasteiger partial charge is 0.417 e. The molecule has 0 aromatic rings. The quantitative estimate of drug-likeness (QED) is 0.616. The van der Waals surface area contributed by atoms with Crippen molar-refractivity contribution in [2.75, 3.05) is 6.54 Å². The van der Waals surface area contributed by atoms with Gasteiger partial charge in [-0.1, -0.05) is 5.57 Å². The highest BCUT2D eigenvalue weighted by molar-refractivity contribution is 5.99. The summed E-state index contributed by atoms with van der Waals surface area (Å²) in [6.07, 6.45) is 1.65. The van der Waals surface area contributed by atoms with E-state index in [1.54, 1.807) is 20.8 Å². The molecule has 0 radical (unpaired) electrons. The summed E-state index contributed by atoms with van der Waals surface area (Å²) in [6, 6.07) is 0. The minimum atomic E-state index is -0.562. The molecule has 1 heterocycles. The van der Waals surface area contributed by atoms with Gasteiger partial charge >= 0.3 is 6.09 Å². The standard InChI is InChI=1S/C11H17NO3/c1-8-5-6-12(9(13)7-8)10(14)15-11(2,3)4/h7H,5-6H2,1-4H3. The predicted molar refractivity (Wildman–Crippen MR) is 56.3 cm³/mol. The number of hydrogen-bond acceptors (Lipinski definition) is 3. The molecule has 0 saturated carbocycles. The summed E-state index contributed by atoms with van der Waals surface area (Å²) >= 11 is 0. The van der Waals surface area contributed by atoms with Gasteiger partial charge in [0.15, 0.2) is 0 Å². The largest absolute Gasteiger partial charge is 0.443 e. The Labute approximate surface area is 89.9 Å². The molecule has 1 aliphatic heterocycles. The summed E-state index contributed by atoms with van der Waals surface area (Å²) in [4.78, 5) is 24.2. The molecule has 84 valence electrons. The number of imide groups is 1. The first kappa shape index (κ1) is 11.8. The molecule has 0 saturated heterocycles. The van der Waals surface area contributed by atoms with Crippen LogP contribution in [0.25, 0.3) is 0 Å². The second kappa shape index (κ2) is 4.04. The average Bonchev–Trinajstić information content (AvgIpc) is 1.99. The van der Waals surface area contributed by atoms with Crippen LogP contribution in [0.2, 0.25) is 0 Å². The van der Waals surface area contributed by atoms with Crippen molar-refractivity contribution >= 4 is 12.0 Å². The van der Waals surface area contributed by atoms with Crippen LogP contribution < -0.4 is 0 Å². The maximum Gasteiger partial charge on any atom is 0.417 e. The fourth-order valence-corrected chi connectivity index (χ4v) is 1.26. The van der Waals surface area contributed by atoms with E-state index in [1.165, 1.54) is 6.08 Å². The molecule has 4 heteroatoms. The van der Waals surface area contributed by atoms with Crippen LogP contribution in [-0.2, 0) is 9.53 Å². The number of nitrogens with zero attached hydrogens (tertiary/aromatic N) is 1. The molecular formula is C11H17NO3. The van der Waals surface area contributed by atoms with Gasteiger partial charge in [-0.3, -0.25) is 4.79 Å². The molecule has 0 bridgehead atoms. The third-order valence-electron chi connectivity index (χ3n) is 1.98. The Bertz CT molecular complexity index is 312. The summed E-state index contributed by atoms with van der Waals surface area (Å²) in [6.45, 7) is 7.63. The fourth-order valence-electron chi connectivity index (χ4n) is 1.26. The molecule has 1 aliphatic rings. The van der Waals surface area contributed by atoms with E-state index in [-0.39, 0.29) is 5.91 Å². The Morgan fingerprint density at radius 2 is 2.07 bits per heavy atom. The first-order valence-corrected chi connectivity index (χ1v) is 5.01. The lowest BCUT2D eigenvalue weighted by molar-refractivity contribution is -0.125. The first-order valence-electron chi connectivity index (χ1n) is 5.01. The van der Waals surface area contributed by atoms with Gasteiger partial charge in [0, 0.05) is 12.6 Å². The monoisotopic (exact) mass is 211 g/mol. The van der Waals surface area contributed by atoms with Crippen LogP contribution in [0.4, 0.5) is 4.79 Å². The van der Waals surface area contributed by atoms with Gasteiger partial charge in [0.05, 0.1) is 0 Å². The molecule has 0 aliphatic carbocycles. The molecule has 1 rings (SSSR count). The summed E-state index contributed by atoms with van der Waals surface area (Å²) in [5, 5.41) is 0. The number of amides is 2. The van der Waals surface area contributed by atoms with Gasteiger partial charge in [-0.25, -0.2) is 9.69 Å². The SMILES string of the molecule is CC1=CC(=O)N(C(=O)OC(C)(C)C)CC1. The van der Waals surface area contributed by atoms with Crippen LogP contribution in [0.3, 0.4) is 0 Å². The van der Waals surface area contributed by atoms with Gasteiger partial charge in [-0.2, -0.15) is 0 Å². The Hall–Kier alpha value is -1.32. The molecule has 4 nitrogen and oxygen atoms in total. The van der Waals surface area contributed by atoms with E-state index in [0.717, 1.165) is 16.9 Å². The molecule has 0 unspecified atom stereocenters. The van der Waals surface area contributed by atoms with Crippen LogP contribution in [0.1, 0.15) is 34.1 Å².